The van der Waals surface area contributed by atoms with Gasteiger partial charge in [-0.15, -0.1) is 0 Å². The summed E-state index contributed by atoms with van der Waals surface area (Å²) in [6, 6.07) is 0. The predicted molar refractivity (Wildman–Crippen MR) is 55.7 cm³/mol. The lowest BCUT2D eigenvalue weighted by Gasteiger charge is -2.07. The molecule has 7 heteroatoms. The fourth-order valence-corrected chi connectivity index (χ4v) is 1.65. The molecule has 0 amide bonds. The van der Waals surface area contributed by atoms with Crippen molar-refractivity contribution in [3.05, 3.63) is 17.8 Å². The van der Waals surface area contributed by atoms with Gasteiger partial charge in [-0.25, -0.2) is 18.2 Å². The third-order valence-electron chi connectivity index (χ3n) is 2.08. The molecule has 1 aromatic heterocycles. The molecule has 0 fully saturated rings. The third-order valence-corrected chi connectivity index (χ3v) is 3.57. The lowest BCUT2D eigenvalue weighted by molar-refractivity contribution is 0.0517. The number of carbonyl (C=O) groups is 1. The normalized spacial score (nSPS) is 13.4. The fourth-order valence-electron chi connectivity index (χ4n) is 1.09. The molecule has 1 rings (SSSR count). The standard InChI is InChI=1S/C9H13NO5S/c1-4-14-9(11)7-8(15-5-10-7)6(2)16(3,12)13/h5-6H,4H2,1-3H3. The van der Waals surface area contributed by atoms with Crippen LogP contribution in [0.3, 0.4) is 0 Å². The highest BCUT2D eigenvalue weighted by molar-refractivity contribution is 7.90. The van der Waals surface area contributed by atoms with Crippen LogP contribution in [0.25, 0.3) is 0 Å². The second-order valence-electron chi connectivity index (χ2n) is 3.26. The number of rotatable bonds is 4. The van der Waals surface area contributed by atoms with Gasteiger partial charge in [0.15, 0.2) is 27.7 Å². The van der Waals surface area contributed by atoms with E-state index in [1.165, 1.54) is 6.92 Å². The van der Waals surface area contributed by atoms with E-state index >= 15 is 0 Å². The van der Waals surface area contributed by atoms with Gasteiger partial charge in [0.2, 0.25) is 0 Å². The first-order chi connectivity index (χ1) is 7.38. The maximum absolute atomic E-state index is 11.4. The SMILES string of the molecule is CCOC(=O)c1ncoc1C(C)S(C)(=O)=O. The minimum absolute atomic E-state index is 0.0148. The Bertz CT molecular complexity index is 476. The summed E-state index contributed by atoms with van der Waals surface area (Å²) >= 11 is 0. The van der Waals surface area contributed by atoms with Gasteiger partial charge in [-0.2, -0.15) is 0 Å². The summed E-state index contributed by atoms with van der Waals surface area (Å²) in [6.07, 6.45) is 2.10. The second-order valence-corrected chi connectivity index (χ2v) is 5.62. The van der Waals surface area contributed by atoms with E-state index in [2.05, 4.69) is 4.98 Å². The molecule has 0 aliphatic rings. The van der Waals surface area contributed by atoms with Gasteiger partial charge in [0.1, 0.15) is 5.25 Å². The van der Waals surface area contributed by atoms with Crippen molar-refractivity contribution in [2.75, 3.05) is 12.9 Å². The van der Waals surface area contributed by atoms with Crippen molar-refractivity contribution in [1.29, 1.82) is 0 Å². The largest absolute Gasteiger partial charge is 0.461 e. The van der Waals surface area contributed by atoms with Gasteiger partial charge in [0, 0.05) is 6.26 Å². The first-order valence-corrected chi connectivity index (χ1v) is 6.62. The maximum Gasteiger partial charge on any atom is 0.360 e. The summed E-state index contributed by atoms with van der Waals surface area (Å²) < 4.78 is 32.3. The van der Waals surface area contributed by atoms with E-state index in [-0.39, 0.29) is 18.1 Å². The Morgan fingerprint density at radius 3 is 2.75 bits per heavy atom. The summed E-state index contributed by atoms with van der Waals surface area (Å²) in [5.74, 6) is -0.664. The minimum Gasteiger partial charge on any atom is -0.461 e. The van der Waals surface area contributed by atoms with Crippen LogP contribution < -0.4 is 0 Å². The molecule has 0 radical (unpaired) electrons. The number of ether oxygens (including phenoxy) is 1. The molecule has 0 saturated heterocycles. The van der Waals surface area contributed by atoms with E-state index in [0.717, 1.165) is 12.6 Å². The van der Waals surface area contributed by atoms with Crippen LogP contribution in [0.2, 0.25) is 0 Å². The molecule has 0 spiro atoms. The van der Waals surface area contributed by atoms with Crippen LogP contribution >= 0.6 is 0 Å². The van der Waals surface area contributed by atoms with E-state index in [0.29, 0.717) is 0 Å². The Hall–Kier alpha value is -1.37. The van der Waals surface area contributed by atoms with Crippen LogP contribution in [0.4, 0.5) is 0 Å². The van der Waals surface area contributed by atoms with Crippen LogP contribution in [-0.2, 0) is 14.6 Å². The van der Waals surface area contributed by atoms with Crippen molar-refractivity contribution >= 4 is 15.8 Å². The molecule has 6 nitrogen and oxygen atoms in total. The van der Waals surface area contributed by atoms with Gasteiger partial charge in [-0.1, -0.05) is 0 Å². The molecule has 1 heterocycles. The lowest BCUT2D eigenvalue weighted by Crippen LogP contribution is -2.13. The van der Waals surface area contributed by atoms with Gasteiger partial charge in [0.05, 0.1) is 6.61 Å². The van der Waals surface area contributed by atoms with Crippen molar-refractivity contribution in [2.24, 2.45) is 0 Å². The summed E-state index contributed by atoms with van der Waals surface area (Å²) in [5, 5.41) is -0.922. The van der Waals surface area contributed by atoms with E-state index in [4.69, 9.17) is 9.15 Å². The fraction of sp³-hybridized carbons (Fsp3) is 0.556. The summed E-state index contributed by atoms with van der Waals surface area (Å²) in [5.41, 5.74) is -0.0835. The Morgan fingerprint density at radius 1 is 1.62 bits per heavy atom. The topological polar surface area (TPSA) is 86.5 Å². The number of hydrogen-bond acceptors (Lipinski definition) is 6. The van der Waals surface area contributed by atoms with E-state index in [1.807, 2.05) is 0 Å². The summed E-state index contributed by atoms with van der Waals surface area (Å²) in [6.45, 7) is 3.27. The third kappa shape index (κ3) is 2.60. The molecule has 0 N–H and O–H groups in total. The highest BCUT2D eigenvalue weighted by Gasteiger charge is 2.28. The van der Waals surface area contributed by atoms with E-state index in [1.54, 1.807) is 6.92 Å². The minimum atomic E-state index is -3.34. The molecule has 1 atom stereocenters. The number of nitrogens with zero attached hydrogens (tertiary/aromatic N) is 1. The van der Waals surface area contributed by atoms with Crippen molar-refractivity contribution in [3.63, 3.8) is 0 Å². The van der Waals surface area contributed by atoms with Gasteiger partial charge in [-0.05, 0) is 13.8 Å². The van der Waals surface area contributed by atoms with Gasteiger partial charge >= 0.3 is 5.97 Å². The zero-order valence-electron chi connectivity index (χ0n) is 9.26. The van der Waals surface area contributed by atoms with Crippen molar-refractivity contribution in [1.82, 2.24) is 4.98 Å². The van der Waals surface area contributed by atoms with Gasteiger partial charge in [0.25, 0.3) is 0 Å². The Kier molecular flexibility index (Phi) is 3.69. The van der Waals surface area contributed by atoms with Crippen LogP contribution in [-0.4, -0.2) is 32.2 Å². The highest BCUT2D eigenvalue weighted by Crippen LogP contribution is 2.24. The van der Waals surface area contributed by atoms with Crippen molar-refractivity contribution in [2.45, 2.75) is 19.1 Å². The molecule has 1 aromatic rings. The van der Waals surface area contributed by atoms with E-state index < -0.39 is 21.1 Å². The predicted octanol–water partition coefficient (Wildman–Crippen LogP) is 0.957. The Morgan fingerprint density at radius 2 is 2.25 bits per heavy atom. The lowest BCUT2D eigenvalue weighted by atomic mass is 10.3. The Balaban J connectivity index is 3.08. The molecular formula is C9H13NO5S. The molecular weight excluding hydrogens is 234 g/mol. The first kappa shape index (κ1) is 12.7. The zero-order valence-corrected chi connectivity index (χ0v) is 10.1. The van der Waals surface area contributed by atoms with Crippen molar-refractivity contribution in [3.8, 4) is 0 Å². The maximum atomic E-state index is 11.4. The first-order valence-electron chi connectivity index (χ1n) is 4.67. The van der Waals surface area contributed by atoms with Gasteiger partial charge in [-0.3, -0.25) is 0 Å². The van der Waals surface area contributed by atoms with Crippen LogP contribution in [0, 0.1) is 0 Å². The van der Waals surface area contributed by atoms with Crippen LogP contribution in [0.5, 0.6) is 0 Å². The number of carbonyl (C=O) groups excluding carboxylic acids is 1. The van der Waals surface area contributed by atoms with E-state index in [9.17, 15) is 13.2 Å². The Labute approximate surface area is 93.5 Å². The molecule has 1 unspecified atom stereocenters. The van der Waals surface area contributed by atoms with Crippen LogP contribution in [0.15, 0.2) is 10.8 Å². The molecule has 0 aliphatic heterocycles. The van der Waals surface area contributed by atoms with Crippen LogP contribution in [0.1, 0.15) is 35.3 Å². The smallest absolute Gasteiger partial charge is 0.360 e. The molecule has 0 aliphatic carbocycles. The number of oxazole rings is 1. The molecule has 0 aromatic carbocycles. The average Bonchev–Trinajstić information content (AvgIpc) is 2.63. The number of aromatic nitrogens is 1. The summed E-state index contributed by atoms with van der Waals surface area (Å²) in [7, 11) is -3.34. The highest BCUT2D eigenvalue weighted by atomic mass is 32.2. The number of esters is 1. The monoisotopic (exact) mass is 247 g/mol. The number of sulfone groups is 1. The van der Waals surface area contributed by atoms with Crippen molar-refractivity contribution < 1.29 is 22.4 Å². The summed E-state index contributed by atoms with van der Waals surface area (Å²) in [4.78, 5) is 15.1. The number of hydrogen-bond donors (Lipinski definition) is 0. The second kappa shape index (κ2) is 4.65. The average molecular weight is 247 g/mol. The quantitative estimate of drug-likeness (QED) is 0.736. The van der Waals surface area contributed by atoms with Gasteiger partial charge < -0.3 is 9.15 Å². The molecule has 90 valence electrons. The molecule has 0 bridgehead atoms. The zero-order chi connectivity index (χ0) is 12.3. The molecule has 16 heavy (non-hydrogen) atoms. The molecule has 0 saturated carbocycles.